The summed E-state index contributed by atoms with van der Waals surface area (Å²) in [6, 6.07) is 0. The second-order valence-electron chi connectivity index (χ2n) is 4.31. The van der Waals surface area contributed by atoms with Crippen LogP contribution >= 0.6 is 0 Å². The van der Waals surface area contributed by atoms with E-state index >= 15 is 0 Å². The maximum Gasteiger partial charge on any atom is 0.129 e. The standard InChI is InChI=1S/C14H18O2/c1-3-14(2,12-8-4-6-10-15-12)13-9-5-7-11-16-13/h4-10,12H,3,11H2,1-2H3. The molecule has 2 aliphatic heterocycles. The minimum Gasteiger partial charge on any atom is -0.493 e. The van der Waals surface area contributed by atoms with Gasteiger partial charge in [-0.15, -0.1) is 0 Å². The van der Waals surface area contributed by atoms with Gasteiger partial charge >= 0.3 is 0 Å². The number of ether oxygens (including phenoxy) is 2. The SMILES string of the molecule is CCC(C)(C1=CC=CCO1)C1C=CC=CO1. The Morgan fingerprint density at radius 2 is 2.25 bits per heavy atom. The summed E-state index contributed by atoms with van der Waals surface area (Å²) in [5.41, 5.74) is -0.0913. The fourth-order valence-electron chi connectivity index (χ4n) is 2.02. The van der Waals surface area contributed by atoms with Crippen LogP contribution in [0.5, 0.6) is 0 Å². The zero-order valence-electron chi connectivity index (χ0n) is 9.85. The van der Waals surface area contributed by atoms with Crippen molar-refractivity contribution in [1.29, 1.82) is 0 Å². The first-order chi connectivity index (χ1) is 7.77. The third-order valence-corrected chi connectivity index (χ3v) is 3.34. The van der Waals surface area contributed by atoms with E-state index in [2.05, 4.69) is 26.0 Å². The zero-order chi connectivity index (χ0) is 11.4. The monoisotopic (exact) mass is 218 g/mol. The van der Waals surface area contributed by atoms with E-state index in [0.717, 1.165) is 12.2 Å². The molecular weight excluding hydrogens is 200 g/mol. The van der Waals surface area contributed by atoms with E-state index < -0.39 is 0 Å². The maximum atomic E-state index is 5.72. The molecule has 0 aromatic heterocycles. The van der Waals surface area contributed by atoms with Crippen molar-refractivity contribution in [3.8, 4) is 0 Å². The summed E-state index contributed by atoms with van der Waals surface area (Å²) < 4.78 is 11.4. The smallest absolute Gasteiger partial charge is 0.129 e. The molecule has 0 saturated carbocycles. The van der Waals surface area contributed by atoms with Gasteiger partial charge < -0.3 is 9.47 Å². The van der Waals surface area contributed by atoms with E-state index in [4.69, 9.17) is 9.47 Å². The predicted molar refractivity (Wildman–Crippen MR) is 64.7 cm³/mol. The summed E-state index contributed by atoms with van der Waals surface area (Å²) in [6.07, 6.45) is 14.9. The molecule has 0 N–H and O–H groups in total. The van der Waals surface area contributed by atoms with Crippen LogP contribution in [-0.2, 0) is 9.47 Å². The van der Waals surface area contributed by atoms with Crippen molar-refractivity contribution < 1.29 is 9.47 Å². The lowest BCUT2D eigenvalue weighted by molar-refractivity contribution is 0.0319. The van der Waals surface area contributed by atoms with Crippen molar-refractivity contribution in [2.24, 2.45) is 5.41 Å². The van der Waals surface area contributed by atoms with Crippen LogP contribution in [0.25, 0.3) is 0 Å². The second-order valence-corrected chi connectivity index (χ2v) is 4.31. The van der Waals surface area contributed by atoms with E-state index in [9.17, 15) is 0 Å². The van der Waals surface area contributed by atoms with Crippen LogP contribution in [-0.4, -0.2) is 12.7 Å². The lowest BCUT2D eigenvalue weighted by Crippen LogP contribution is -2.35. The summed E-state index contributed by atoms with van der Waals surface area (Å²) in [5.74, 6) is 1.02. The molecule has 0 aromatic carbocycles. The summed E-state index contributed by atoms with van der Waals surface area (Å²) in [5, 5.41) is 0. The molecule has 86 valence electrons. The molecule has 0 saturated heterocycles. The number of rotatable bonds is 3. The van der Waals surface area contributed by atoms with Crippen molar-refractivity contribution in [1.82, 2.24) is 0 Å². The Kier molecular flexibility index (Phi) is 3.18. The molecular formula is C14H18O2. The van der Waals surface area contributed by atoms with Crippen molar-refractivity contribution >= 4 is 0 Å². The molecule has 2 heteroatoms. The van der Waals surface area contributed by atoms with Gasteiger partial charge in [0.1, 0.15) is 18.5 Å². The van der Waals surface area contributed by atoms with Gasteiger partial charge in [-0.2, -0.15) is 0 Å². The van der Waals surface area contributed by atoms with Crippen LogP contribution < -0.4 is 0 Å². The molecule has 2 heterocycles. The molecule has 16 heavy (non-hydrogen) atoms. The highest BCUT2D eigenvalue weighted by Gasteiger charge is 2.38. The van der Waals surface area contributed by atoms with Gasteiger partial charge in [-0.3, -0.25) is 0 Å². The summed E-state index contributed by atoms with van der Waals surface area (Å²) in [6.45, 7) is 5.01. The third kappa shape index (κ3) is 1.92. The Balaban J connectivity index is 2.24. The van der Waals surface area contributed by atoms with E-state index in [0.29, 0.717) is 6.61 Å². The lowest BCUT2D eigenvalue weighted by Gasteiger charge is -2.37. The van der Waals surface area contributed by atoms with Gasteiger partial charge in [-0.1, -0.05) is 19.1 Å². The lowest BCUT2D eigenvalue weighted by atomic mass is 9.78. The maximum absolute atomic E-state index is 5.72. The highest BCUT2D eigenvalue weighted by molar-refractivity contribution is 5.23. The average molecular weight is 218 g/mol. The summed E-state index contributed by atoms with van der Waals surface area (Å²) >= 11 is 0. The minimum absolute atomic E-state index is 0.0558. The largest absolute Gasteiger partial charge is 0.493 e. The topological polar surface area (TPSA) is 18.5 Å². The van der Waals surface area contributed by atoms with Crippen molar-refractivity contribution in [2.45, 2.75) is 26.4 Å². The van der Waals surface area contributed by atoms with E-state index in [1.54, 1.807) is 6.26 Å². The van der Waals surface area contributed by atoms with E-state index in [1.807, 2.05) is 24.3 Å². The van der Waals surface area contributed by atoms with Gasteiger partial charge in [0.2, 0.25) is 0 Å². The number of hydrogen-bond acceptors (Lipinski definition) is 2. The molecule has 0 bridgehead atoms. The van der Waals surface area contributed by atoms with Gasteiger partial charge in [-0.25, -0.2) is 0 Å². The Hall–Kier alpha value is -1.44. The number of allylic oxidation sites excluding steroid dienone is 4. The first kappa shape index (κ1) is 11.1. The highest BCUT2D eigenvalue weighted by Crippen LogP contribution is 2.39. The van der Waals surface area contributed by atoms with E-state index in [-0.39, 0.29) is 11.5 Å². The van der Waals surface area contributed by atoms with Crippen LogP contribution in [0.2, 0.25) is 0 Å². The molecule has 2 unspecified atom stereocenters. The van der Waals surface area contributed by atoms with Gasteiger partial charge in [0, 0.05) is 0 Å². The Morgan fingerprint density at radius 3 is 2.81 bits per heavy atom. The van der Waals surface area contributed by atoms with Crippen molar-refractivity contribution in [2.75, 3.05) is 6.61 Å². The Bertz CT molecular complexity index is 363. The van der Waals surface area contributed by atoms with Crippen LogP contribution in [0.4, 0.5) is 0 Å². The molecule has 2 aliphatic rings. The molecule has 2 rings (SSSR count). The van der Waals surface area contributed by atoms with E-state index in [1.165, 1.54) is 0 Å². The van der Waals surface area contributed by atoms with Crippen molar-refractivity contribution in [3.05, 3.63) is 48.5 Å². The molecule has 0 amide bonds. The second kappa shape index (κ2) is 4.60. The molecule has 2 atom stereocenters. The van der Waals surface area contributed by atoms with Crippen LogP contribution in [0.15, 0.2) is 48.5 Å². The first-order valence-corrected chi connectivity index (χ1v) is 5.76. The van der Waals surface area contributed by atoms with Crippen LogP contribution in [0, 0.1) is 5.41 Å². The fraction of sp³-hybridized carbons (Fsp3) is 0.429. The van der Waals surface area contributed by atoms with Gasteiger partial charge in [-0.05, 0) is 37.6 Å². The van der Waals surface area contributed by atoms with Crippen LogP contribution in [0.1, 0.15) is 20.3 Å². The number of hydrogen-bond donors (Lipinski definition) is 0. The highest BCUT2D eigenvalue weighted by atomic mass is 16.5. The summed E-state index contributed by atoms with van der Waals surface area (Å²) in [4.78, 5) is 0. The van der Waals surface area contributed by atoms with Gasteiger partial charge in [0.15, 0.2) is 0 Å². The predicted octanol–water partition coefficient (Wildman–Crippen LogP) is 3.34. The Labute approximate surface area is 96.9 Å². The molecule has 2 nitrogen and oxygen atoms in total. The zero-order valence-corrected chi connectivity index (χ0v) is 9.85. The first-order valence-electron chi connectivity index (χ1n) is 5.76. The van der Waals surface area contributed by atoms with Gasteiger partial charge in [0.05, 0.1) is 11.7 Å². The average Bonchev–Trinajstić information content (AvgIpc) is 2.40. The molecule has 0 spiro atoms. The Morgan fingerprint density at radius 1 is 1.38 bits per heavy atom. The molecule has 0 fully saturated rings. The van der Waals surface area contributed by atoms with Crippen LogP contribution in [0.3, 0.4) is 0 Å². The third-order valence-electron chi connectivity index (χ3n) is 3.34. The molecule has 0 radical (unpaired) electrons. The summed E-state index contributed by atoms with van der Waals surface area (Å²) in [7, 11) is 0. The normalized spacial score (nSPS) is 26.6. The van der Waals surface area contributed by atoms with Gasteiger partial charge in [0.25, 0.3) is 0 Å². The molecule has 0 aromatic rings. The fourth-order valence-corrected chi connectivity index (χ4v) is 2.02. The molecule has 0 aliphatic carbocycles. The van der Waals surface area contributed by atoms with Crippen molar-refractivity contribution in [3.63, 3.8) is 0 Å². The minimum atomic E-state index is -0.0913. The quantitative estimate of drug-likeness (QED) is 0.723.